The molecule has 20 heavy (non-hydrogen) atoms. The third-order valence-electron chi connectivity index (χ3n) is 3.37. The lowest BCUT2D eigenvalue weighted by molar-refractivity contribution is 0.102. The molecule has 1 N–H and O–H groups in total. The van der Waals surface area contributed by atoms with E-state index in [1.807, 2.05) is 62.5 Å². The molecule has 4 heteroatoms. The number of rotatable bonds is 2. The molecule has 0 aliphatic heterocycles. The van der Waals surface area contributed by atoms with Crippen LogP contribution in [0.25, 0.3) is 10.8 Å². The summed E-state index contributed by atoms with van der Waals surface area (Å²) in [5, 5.41) is 9.21. The fourth-order valence-electron chi connectivity index (χ4n) is 2.14. The van der Waals surface area contributed by atoms with Crippen molar-refractivity contribution in [2.75, 3.05) is 5.32 Å². The lowest BCUT2D eigenvalue weighted by Crippen LogP contribution is -2.12. The molecule has 3 aromatic rings. The van der Waals surface area contributed by atoms with Gasteiger partial charge in [0.05, 0.1) is 0 Å². The lowest BCUT2D eigenvalue weighted by atomic mass is 10.1. The fourth-order valence-corrected chi connectivity index (χ4v) is 2.14. The molecule has 100 valence electrons. The highest BCUT2D eigenvalue weighted by molar-refractivity contribution is 6.06. The maximum Gasteiger partial charge on any atom is 0.256 e. The minimum Gasteiger partial charge on any atom is -0.305 e. The van der Waals surface area contributed by atoms with Crippen molar-refractivity contribution in [3.8, 4) is 0 Å². The molecule has 0 saturated carbocycles. The summed E-state index contributed by atoms with van der Waals surface area (Å²) in [6, 6.07) is 15.5. The number of nitrogens with one attached hydrogen (secondary N) is 1. The normalized spacial score (nSPS) is 10.7. The molecule has 0 aliphatic rings. The Balaban J connectivity index is 1.88. The van der Waals surface area contributed by atoms with E-state index >= 15 is 0 Å². The zero-order chi connectivity index (χ0) is 14.1. The zero-order valence-corrected chi connectivity index (χ0v) is 11.4. The topological polar surface area (TPSA) is 46.9 Å². The average Bonchev–Trinajstić information content (AvgIpc) is 2.76. The molecule has 4 nitrogen and oxygen atoms in total. The van der Waals surface area contributed by atoms with E-state index in [0.717, 1.165) is 16.5 Å². The first kappa shape index (κ1) is 12.4. The number of carbonyl (C=O) groups excluding carboxylic acids is 1. The van der Waals surface area contributed by atoms with Crippen LogP contribution in [0, 0.1) is 6.92 Å². The lowest BCUT2D eigenvalue weighted by Gasteiger charge is -2.04. The SMILES string of the molecule is Cc1cc(NC(=O)c2ccc3ccccc3c2)nn1C. The van der Waals surface area contributed by atoms with Crippen molar-refractivity contribution in [2.45, 2.75) is 6.92 Å². The van der Waals surface area contributed by atoms with E-state index in [1.165, 1.54) is 0 Å². The van der Waals surface area contributed by atoms with Crippen LogP contribution in [0.4, 0.5) is 5.82 Å². The molecule has 1 aromatic heterocycles. The molecule has 0 saturated heterocycles. The van der Waals surface area contributed by atoms with Gasteiger partial charge in [0.15, 0.2) is 5.82 Å². The van der Waals surface area contributed by atoms with Gasteiger partial charge < -0.3 is 5.32 Å². The Morgan fingerprint density at radius 1 is 1.10 bits per heavy atom. The third kappa shape index (κ3) is 2.28. The number of hydrogen-bond acceptors (Lipinski definition) is 2. The number of fused-ring (bicyclic) bond motifs is 1. The molecule has 0 unspecified atom stereocenters. The third-order valence-corrected chi connectivity index (χ3v) is 3.37. The summed E-state index contributed by atoms with van der Waals surface area (Å²) in [6.45, 7) is 1.94. The average molecular weight is 265 g/mol. The van der Waals surface area contributed by atoms with Gasteiger partial charge in [-0.25, -0.2) is 0 Å². The minimum atomic E-state index is -0.145. The van der Waals surface area contributed by atoms with E-state index in [2.05, 4.69) is 10.4 Å². The fraction of sp³-hybridized carbons (Fsp3) is 0.125. The molecular formula is C16H15N3O. The number of aryl methyl sites for hydroxylation is 2. The van der Waals surface area contributed by atoms with E-state index in [0.29, 0.717) is 11.4 Å². The Bertz CT molecular complexity index is 770. The molecule has 1 amide bonds. The summed E-state index contributed by atoms with van der Waals surface area (Å²) in [6.07, 6.45) is 0. The minimum absolute atomic E-state index is 0.145. The Labute approximate surface area is 117 Å². The number of amides is 1. The van der Waals surface area contributed by atoms with Crippen LogP contribution in [0.15, 0.2) is 48.5 Å². The first-order valence-corrected chi connectivity index (χ1v) is 6.44. The molecule has 0 aliphatic carbocycles. The van der Waals surface area contributed by atoms with Gasteiger partial charge in [-0.05, 0) is 29.8 Å². The van der Waals surface area contributed by atoms with Gasteiger partial charge in [0.2, 0.25) is 0 Å². The van der Waals surface area contributed by atoms with E-state index in [1.54, 1.807) is 4.68 Å². The maximum absolute atomic E-state index is 12.2. The van der Waals surface area contributed by atoms with E-state index in [4.69, 9.17) is 0 Å². The second-order valence-electron chi connectivity index (χ2n) is 4.81. The van der Waals surface area contributed by atoms with Crippen LogP contribution in [0.2, 0.25) is 0 Å². The van der Waals surface area contributed by atoms with Crippen LogP contribution in [0.1, 0.15) is 16.1 Å². The van der Waals surface area contributed by atoms with Gasteiger partial charge >= 0.3 is 0 Å². The first-order chi connectivity index (χ1) is 9.63. The highest BCUT2D eigenvalue weighted by Gasteiger charge is 2.09. The highest BCUT2D eigenvalue weighted by atomic mass is 16.1. The summed E-state index contributed by atoms with van der Waals surface area (Å²) >= 11 is 0. The largest absolute Gasteiger partial charge is 0.305 e. The van der Waals surface area contributed by atoms with Gasteiger partial charge in [0.25, 0.3) is 5.91 Å². The van der Waals surface area contributed by atoms with Gasteiger partial charge in [-0.2, -0.15) is 5.10 Å². The summed E-state index contributed by atoms with van der Waals surface area (Å²) in [7, 11) is 1.85. The van der Waals surface area contributed by atoms with Crippen LogP contribution in [0.5, 0.6) is 0 Å². The summed E-state index contributed by atoms with van der Waals surface area (Å²) in [5.74, 6) is 0.428. The van der Waals surface area contributed by atoms with Crippen molar-refractivity contribution < 1.29 is 4.79 Å². The highest BCUT2D eigenvalue weighted by Crippen LogP contribution is 2.17. The Morgan fingerprint density at radius 3 is 2.55 bits per heavy atom. The van der Waals surface area contributed by atoms with Crippen molar-refractivity contribution in [2.24, 2.45) is 7.05 Å². The molecular weight excluding hydrogens is 250 g/mol. The standard InChI is InChI=1S/C16H15N3O/c1-11-9-15(18-19(11)2)17-16(20)14-8-7-12-5-3-4-6-13(12)10-14/h3-10H,1-2H3,(H,17,18,20). The van der Waals surface area contributed by atoms with Crippen molar-refractivity contribution in [3.63, 3.8) is 0 Å². The molecule has 1 heterocycles. The van der Waals surface area contributed by atoms with Crippen molar-refractivity contribution in [3.05, 3.63) is 59.8 Å². The van der Waals surface area contributed by atoms with Gasteiger partial charge in [-0.15, -0.1) is 0 Å². The Hall–Kier alpha value is -2.62. The number of hydrogen-bond donors (Lipinski definition) is 1. The molecule has 3 rings (SSSR count). The number of benzene rings is 2. The van der Waals surface area contributed by atoms with Crippen LogP contribution in [-0.2, 0) is 7.05 Å². The maximum atomic E-state index is 12.2. The Morgan fingerprint density at radius 2 is 1.85 bits per heavy atom. The van der Waals surface area contributed by atoms with Gasteiger partial charge in [-0.3, -0.25) is 9.48 Å². The quantitative estimate of drug-likeness (QED) is 0.773. The summed E-state index contributed by atoms with van der Waals surface area (Å²) < 4.78 is 1.73. The number of nitrogens with zero attached hydrogens (tertiary/aromatic N) is 2. The summed E-state index contributed by atoms with van der Waals surface area (Å²) in [4.78, 5) is 12.2. The van der Waals surface area contributed by atoms with Crippen LogP contribution >= 0.6 is 0 Å². The van der Waals surface area contributed by atoms with E-state index in [9.17, 15) is 4.79 Å². The second-order valence-corrected chi connectivity index (χ2v) is 4.81. The number of anilines is 1. The molecule has 0 bridgehead atoms. The molecule has 0 fully saturated rings. The predicted molar refractivity (Wildman–Crippen MR) is 79.8 cm³/mol. The van der Waals surface area contributed by atoms with Crippen molar-refractivity contribution >= 4 is 22.5 Å². The molecule has 0 atom stereocenters. The van der Waals surface area contributed by atoms with Crippen LogP contribution < -0.4 is 5.32 Å². The predicted octanol–water partition coefficient (Wildman–Crippen LogP) is 3.13. The van der Waals surface area contributed by atoms with Gasteiger partial charge in [0.1, 0.15) is 0 Å². The Kier molecular flexibility index (Phi) is 2.99. The van der Waals surface area contributed by atoms with Gasteiger partial charge in [0, 0.05) is 24.4 Å². The van der Waals surface area contributed by atoms with Crippen LogP contribution in [-0.4, -0.2) is 15.7 Å². The summed E-state index contributed by atoms with van der Waals surface area (Å²) in [5.41, 5.74) is 1.63. The first-order valence-electron chi connectivity index (χ1n) is 6.44. The van der Waals surface area contributed by atoms with Crippen molar-refractivity contribution in [1.82, 2.24) is 9.78 Å². The number of carbonyl (C=O) groups is 1. The van der Waals surface area contributed by atoms with Crippen molar-refractivity contribution in [1.29, 1.82) is 0 Å². The zero-order valence-electron chi connectivity index (χ0n) is 11.4. The van der Waals surface area contributed by atoms with Crippen LogP contribution in [0.3, 0.4) is 0 Å². The molecule has 0 radical (unpaired) electrons. The smallest absolute Gasteiger partial charge is 0.256 e. The van der Waals surface area contributed by atoms with E-state index < -0.39 is 0 Å². The molecule has 2 aromatic carbocycles. The van der Waals surface area contributed by atoms with Gasteiger partial charge in [-0.1, -0.05) is 30.3 Å². The second kappa shape index (κ2) is 4.81. The monoisotopic (exact) mass is 265 g/mol. The molecule has 0 spiro atoms. The number of aromatic nitrogens is 2. The van der Waals surface area contributed by atoms with E-state index in [-0.39, 0.29) is 5.91 Å².